The minimum atomic E-state index is 0.371. The lowest BCUT2D eigenvalue weighted by molar-refractivity contribution is 0.171. The molecule has 1 saturated carbocycles. The van der Waals surface area contributed by atoms with Gasteiger partial charge in [-0.2, -0.15) is 0 Å². The summed E-state index contributed by atoms with van der Waals surface area (Å²) in [5.41, 5.74) is 1.49. The van der Waals surface area contributed by atoms with Crippen molar-refractivity contribution in [1.29, 1.82) is 0 Å². The first-order valence-corrected chi connectivity index (χ1v) is 8.44. The second-order valence-corrected chi connectivity index (χ2v) is 6.93. The van der Waals surface area contributed by atoms with E-state index in [2.05, 4.69) is 29.6 Å². The van der Waals surface area contributed by atoms with Gasteiger partial charge in [0.1, 0.15) is 0 Å². The molecular weight excluding hydrogens is 254 g/mol. The smallest absolute Gasteiger partial charge is 0.0459 e. The van der Waals surface area contributed by atoms with Gasteiger partial charge in [0.2, 0.25) is 0 Å². The Morgan fingerprint density at radius 3 is 2.68 bits per heavy atom. The fraction of sp³-hybridized carbons (Fsp3) is 0.625. The SMILES string of the molecule is OCC1CCC(NC2CCSc3ccccc32)CC1. The zero-order valence-electron chi connectivity index (χ0n) is 11.3. The average molecular weight is 277 g/mol. The molecule has 0 spiro atoms. The third-order valence-corrected chi connectivity index (χ3v) is 5.62. The van der Waals surface area contributed by atoms with Crippen LogP contribution in [0, 0.1) is 5.92 Å². The van der Waals surface area contributed by atoms with Crippen LogP contribution in [0.4, 0.5) is 0 Å². The predicted molar refractivity (Wildman–Crippen MR) is 80.5 cm³/mol. The molecule has 0 bridgehead atoms. The zero-order valence-corrected chi connectivity index (χ0v) is 12.2. The Labute approximate surface area is 120 Å². The molecule has 2 N–H and O–H groups in total. The first-order valence-electron chi connectivity index (χ1n) is 7.45. The van der Waals surface area contributed by atoms with Crippen LogP contribution >= 0.6 is 11.8 Å². The van der Waals surface area contributed by atoms with Crippen molar-refractivity contribution in [3.63, 3.8) is 0 Å². The number of thioether (sulfide) groups is 1. The minimum absolute atomic E-state index is 0.371. The zero-order chi connectivity index (χ0) is 13.1. The highest BCUT2D eigenvalue weighted by molar-refractivity contribution is 7.99. The molecule has 0 amide bonds. The van der Waals surface area contributed by atoms with Gasteiger partial charge >= 0.3 is 0 Å². The Hall–Kier alpha value is -0.510. The third kappa shape index (κ3) is 3.15. The predicted octanol–water partition coefficient (Wildman–Crippen LogP) is 3.36. The lowest BCUT2D eigenvalue weighted by Gasteiger charge is -2.34. The molecular formula is C16H23NOS. The molecule has 3 heteroatoms. The van der Waals surface area contributed by atoms with Crippen molar-refractivity contribution in [1.82, 2.24) is 5.32 Å². The first kappa shape index (κ1) is 13.5. The van der Waals surface area contributed by atoms with E-state index in [0.29, 0.717) is 24.6 Å². The highest BCUT2D eigenvalue weighted by atomic mass is 32.2. The summed E-state index contributed by atoms with van der Waals surface area (Å²) < 4.78 is 0. The van der Waals surface area contributed by atoms with E-state index in [-0.39, 0.29) is 0 Å². The molecule has 1 aromatic rings. The Morgan fingerprint density at radius 1 is 1.11 bits per heavy atom. The summed E-state index contributed by atoms with van der Waals surface area (Å²) in [7, 11) is 0. The molecule has 1 unspecified atom stereocenters. The number of rotatable bonds is 3. The second kappa shape index (κ2) is 6.29. The highest BCUT2D eigenvalue weighted by Crippen LogP contribution is 2.37. The van der Waals surface area contributed by atoms with Gasteiger partial charge in [0, 0.05) is 23.6 Å². The molecule has 1 aromatic carbocycles. The number of fused-ring (bicyclic) bond motifs is 1. The number of aliphatic hydroxyl groups excluding tert-OH is 1. The molecule has 0 aromatic heterocycles. The standard InChI is InChI=1S/C16H23NOS/c18-11-12-5-7-13(8-6-12)17-15-9-10-19-16-4-2-1-3-14(15)16/h1-4,12-13,15,17-18H,5-11H2. The molecule has 1 fully saturated rings. The lowest BCUT2D eigenvalue weighted by Crippen LogP contribution is -2.37. The molecule has 104 valence electrons. The van der Waals surface area contributed by atoms with Gasteiger partial charge in [-0.15, -0.1) is 11.8 Å². The van der Waals surface area contributed by atoms with Gasteiger partial charge < -0.3 is 10.4 Å². The largest absolute Gasteiger partial charge is 0.396 e. The maximum atomic E-state index is 9.21. The van der Waals surface area contributed by atoms with Gasteiger partial charge in [-0.25, -0.2) is 0 Å². The van der Waals surface area contributed by atoms with Crippen LogP contribution in [0.3, 0.4) is 0 Å². The minimum Gasteiger partial charge on any atom is -0.396 e. The van der Waals surface area contributed by atoms with E-state index in [1.165, 1.54) is 48.3 Å². The Bertz CT molecular complexity index is 415. The normalized spacial score (nSPS) is 30.9. The maximum Gasteiger partial charge on any atom is 0.0459 e. The number of nitrogens with one attached hydrogen (secondary N) is 1. The van der Waals surface area contributed by atoms with Crippen molar-refractivity contribution in [2.45, 2.75) is 49.1 Å². The van der Waals surface area contributed by atoms with Crippen molar-refractivity contribution in [2.24, 2.45) is 5.92 Å². The summed E-state index contributed by atoms with van der Waals surface area (Å²) in [5.74, 6) is 1.77. The van der Waals surface area contributed by atoms with E-state index < -0.39 is 0 Å². The summed E-state index contributed by atoms with van der Waals surface area (Å²) >= 11 is 1.99. The van der Waals surface area contributed by atoms with Gasteiger partial charge in [-0.1, -0.05) is 18.2 Å². The van der Waals surface area contributed by atoms with Gasteiger partial charge in [0.25, 0.3) is 0 Å². The molecule has 19 heavy (non-hydrogen) atoms. The van der Waals surface area contributed by atoms with Crippen molar-refractivity contribution >= 4 is 11.8 Å². The van der Waals surface area contributed by atoms with Crippen LogP contribution in [0.2, 0.25) is 0 Å². The first-order chi connectivity index (χ1) is 9.36. The van der Waals surface area contributed by atoms with E-state index in [1.54, 1.807) is 0 Å². The van der Waals surface area contributed by atoms with Crippen LogP contribution in [0.25, 0.3) is 0 Å². The van der Waals surface area contributed by atoms with E-state index >= 15 is 0 Å². The average Bonchev–Trinajstić information content (AvgIpc) is 2.48. The molecule has 1 aliphatic heterocycles. The van der Waals surface area contributed by atoms with Crippen LogP contribution in [0.1, 0.15) is 43.7 Å². The topological polar surface area (TPSA) is 32.3 Å². The summed E-state index contributed by atoms with van der Waals surface area (Å²) in [6, 6.07) is 10.00. The number of aliphatic hydroxyl groups is 1. The van der Waals surface area contributed by atoms with Gasteiger partial charge in [0.05, 0.1) is 0 Å². The fourth-order valence-electron chi connectivity index (χ4n) is 3.31. The van der Waals surface area contributed by atoms with Crippen LogP contribution in [-0.4, -0.2) is 23.5 Å². The van der Waals surface area contributed by atoms with Crippen LogP contribution in [0.5, 0.6) is 0 Å². The van der Waals surface area contributed by atoms with Crippen LogP contribution in [-0.2, 0) is 0 Å². The molecule has 0 radical (unpaired) electrons. The van der Waals surface area contributed by atoms with Crippen molar-refractivity contribution < 1.29 is 5.11 Å². The Kier molecular flexibility index (Phi) is 4.46. The van der Waals surface area contributed by atoms with Gasteiger partial charge in [-0.3, -0.25) is 0 Å². The summed E-state index contributed by atoms with van der Waals surface area (Å²) in [6.45, 7) is 0.371. The molecule has 1 heterocycles. The number of hydrogen-bond donors (Lipinski definition) is 2. The molecule has 0 saturated heterocycles. The summed E-state index contributed by atoms with van der Waals surface area (Å²) in [6.07, 6.45) is 6.03. The monoisotopic (exact) mass is 277 g/mol. The van der Waals surface area contributed by atoms with E-state index in [4.69, 9.17) is 0 Å². The molecule has 1 atom stereocenters. The van der Waals surface area contributed by atoms with E-state index in [9.17, 15) is 5.11 Å². The maximum absolute atomic E-state index is 9.21. The van der Waals surface area contributed by atoms with Gasteiger partial charge in [-0.05, 0) is 55.4 Å². The van der Waals surface area contributed by atoms with E-state index in [0.717, 1.165) is 0 Å². The molecule has 2 nitrogen and oxygen atoms in total. The van der Waals surface area contributed by atoms with Crippen molar-refractivity contribution in [3.8, 4) is 0 Å². The Morgan fingerprint density at radius 2 is 1.89 bits per heavy atom. The molecule has 1 aliphatic carbocycles. The van der Waals surface area contributed by atoms with Gasteiger partial charge in [0.15, 0.2) is 0 Å². The number of hydrogen-bond acceptors (Lipinski definition) is 3. The molecule has 2 aliphatic rings. The number of benzene rings is 1. The van der Waals surface area contributed by atoms with Crippen LogP contribution in [0.15, 0.2) is 29.2 Å². The van der Waals surface area contributed by atoms with Crippen molar-refractivity contribution in [2.75, 3.05) is 12.4 Å². The lowest BCUT2D eigenvalue weighted by atomic mass is 9.86. The Balaban J connectivity index is 1.62. The van der Waals surface area contributed by atoms with E-state index in [1.807, 2.05) is 11.8 Å². The summed E-state index contributed by atoms with van der Waals surface area (Å²) in [4.78, 5) is 1.45. The fourth-order valence-corrected chi connectivity index (χ4v) is 4.44. The quantitative estimate of drug-likeness (QED) is 0.888. The summed E-state index contributed by atoms with van der Waals surface area (Å²) in [5, 5.41) is 13.1. The second-order valence-electron chi connectivity index (χ2n) is 5.79. The molecule has 3 rings (SSSR count). The third-order valence-electron chi connectivity index (χ3n) is 4.50. The van der Waals surface area contributed by atoms with Crippen molar-refractivity contribution in [3.05, 3.63) is 29.8 Å². The highest BCUT2D eigenvalue weighted by Gasteiger charge is 2.26. The van der Waals surface area contributed by atoms with Crippen LogP contribution < -0.4 is 5.32 Å².